The highest BCUT2D eigenvalue weighted by Crippen LogP contribution is 2.35. The summed E-state index contributed by atoms with van der Waals surface area (Å²) in [6.45, 7) is 1.79. The largest absolute Gasteiger partial charge is 0.419 e. The number of hydrazine groups is 2. The van der Waals surface area contributed by atoms with E-state index < -0.39 is 23.5 Å². The van der Waals surface area contributed by atoms with Crippen LogP contribution < -0.4 is 21.3 Å². The van der Waals surface area contributed by atoms with Gasteiger partial charge in [-0.1, -0.05) is 6.07 Å². The predicted octanol–water partition coefficient (Wildman–Crippen LogP) is 5.17. The number of halogens is 4. The third kappa shape index (κ3) is 5.42. The average molecular weight is 540 g/mol. The third-order valence-corrected chi connectivity index (χ3v) is 6.21. The molecule has 8 nitrogen and oxygen atoms in total. The molecule has 3 heterocycles. The van der Waals surface area contributed by atoms with Crippen LogP contribution in [0.4, 0.5) is 28.9 Å². The predicted molar refractivity (Wildman–Crippen MR) is 141 cm³/mol. The van der Waals surface area contributed by atoms with Crippen molar-refractivity contribution in [3.63, 3.8) is 0 Å². The van der Waals surface area contributed by atoms with Crippen LogP contribution in [0.3, 0.4) is 0 Å². The number of fused-ring (bicyclic) bond motifs is 1. The Morgan fingerprint density at radius 2 is 1.92 bits per heavy atom. The van der Waals surface area contributed by atoms with Crippen molar-refractivity contribution in [3.8, 4) is 0 Å². The number of carbonyl (C=O) groups excluding carboxylic acids is 1. The second kappa shape index (κ2) is 10.0. The molecule has 4 N–H and O–H groups in total. The molecule has 0 unspecified atom stereocenters. The molecule has 202 valence electrons. The van der Waals surface area contributed by atoms with Crippen LogP contribution in [0.25, 0.3) is 16.7 Å². The molecule has 0 spiro atoms. The Kier molecular flexibility index (Phi) is 6.74. The van der Waals surface area contributed by atoms with Gasteiger partial charge in [0.25, 0.3) is 5.91 Å². The van der Waals surface area contributed by atoms with E-state index in [1.807, 2.05) is 25.3 Å². The van der Waals surface area contributed by atoms with Gasteiger partial charge in [-0.15, -0.1) is 5.53 Å². The number of alkyl halides is 3. The zero-order valence-corrected chi connectivity index (χ0v) is 21.2. The van der Waals surface area contributed by atoms with E-state index >= 15 is 0 Å². The van der Waals surface area contributed by atoms with E-state index in [4.69, 9.17) is 0 Å². The molecule has 1 aliphatic heterocycles. The first kappa shape index (κ1) is 26.2. The number of hydrogen-bond acceptors (Lipinski definition) is 6. The molecule has 0 saturated carbocycles. The summed E-state index contributed by atoms with van der Waals surface area (Å²) in [5, 5.41) is 5.14. The Morgan fingerprint density at radius 1 is 1.13 bits per heavy atom. The summed E-state index contributed by atoms with van der Waals surface area (Å²) in [4.78, 5) is 22.1. The number of pyridine rings is 1. The first-order valence-electron chi connectivity index (χ1n) is 11.9. The molecule has 12 heteroatoms. The summed E-state index contributed by atoms with van der Waals surface area (Å²) in [6, 6.07) is 10.6. The van der Waals surface area contributed by atoms with Gasteiger partial charge in [0.15, 0.2) is 0 Å². The molecule has 5 rings (SSSR count). The van der Waals surface area contributed by atoms with Gasteiger partial charge in [-0.3, -0.25) is 9.80 Å². The molecule has 1 aliphatic rings. The fourth-order valence-electron chi connectivity index (χ4n) is 4.31. The molecule has 0 radical (unpaired) electrons. The summed E-state index contributed by atoms with van der Waals surface area (Å²) < 4.78 is 55.1. The van der Waals surface area contributed by atoms with Crippen molar-refractivity contribution in [1.29, 1.82) is 0 Å². The molecule has 0 atom stereocenters. The van der Waals surface area contributed by atoms with Crippen LogP contribution in [0.2, 0.25) is 0 Å². The summed E-state index contributed by atoms with van der Waals surface area (Å²) in [6.07, 6.45) is 0.425. The van der Waals surface area contributed by atoms with Crippen molar-refractivity contribution >= 4 is 34.0 Å². The lowest BCUT2D eigenvalue weighted by Gasteiger charge is -2.19. The van der Waals surface area contributed by atoms with Gasteiger partial charge >= 0.3 is 6.18 Å². The molecule has 2 aromatic carbocycles. The van der Waals surface area contributed by atoms with E-state index in [0.717, 1.165) is 27.9 Å². The molecular formula is C27H25F4N7O. The molecule has 0 aliphatic carbocycles. The lowest BCUT2D eigenvalue weighted by atomic mass is 10.1. The molecule has 0 bridgehead atoms. The molecule has 39 heavy (non-hydrogen) atoms. The first-order chi connectivity index (χ1) is 18.5. The van der Waals surface area contributed by atoms with Gasteiger partial charge in [-0.2, -0.15) is 13.2 Å². The Bertz CT molecular complexity index is 1590. The van der Waals surface area contributed by atoms with Gasteiger partial charge in [0.2, 0.25) is 0 Å². The minimum Gasteiger partial charge on any atom is -0.346 e. The highest BCUT2D eigenvalue weighted by molar-refractivity contribution is 6.05. The number of hydrogen-bond donors (Lipinski definition) is 4. The zero-order valence-electron chi connectivity index (χ0n) is 21.2. The van der Waals surface area contributed by atoms with Gasteiger partial charge in [0.05, 0.1) is 16.9 Å². The number of nitrogens with one attached hydrogen (secondary N) is 4. The van der Waals surface area contributed by atoms with Gasteiger partial charge in [0.1, 0.15) is 11.5 Å². The van der Waals surface area contributed by atoms with Crippen LogP contribution in [-0.2, 0) is 12.7 Å². The maximum atomic E-state index is 14.6. The SMILES string of the molecule is Cc1ccc(C(=O)Nc2cc(CN(C)C)c(F)c(C(F)(F)F)c2)cc1N1C=C(c2cnc3[nH]ccc3c2)NN1. The van der Waals surface area contributed by atoms with Crippen molar-refractivity contribution in [2.45, 2.75) is 19.6 Å². The van der Waals surface area contributed by atoms with E-state index in [1.165, 1.54) is 6.07 Å². The Morgan fingerprint density at radius 3 is 2.67 bits per heavy atom. The maximum absolute atomic E-state index is 14.6. The number of anilines is 2. The second-order valence-corrected chi connectivity index (χ2v) is 9.48. The number of aromatic amines is 1. The van der Waals surface area contributed by atoms with Crippen molar-refractivity contribution in [2.24, 2.45) is 0 Å². The van der Waals surface area contributed by atoms with Crippen molar-refractivity contribution in [1.82, 2.24) is 25.8 Å². The number of aromatic nitrogens is 2. The van der Waals surface area contributed by atoms with E-state index in [2.05, 4.69) is 26.2 Å². The highest BCUT2D eigenvalue weighted by atomic mass is 19.4. The second-order valence-electron chi connectivity index (χ2n) is 9.48. The van der Waals surface area contributed by atoms with Gasteiger partial charge < -0.3 is 20.6 Å². The fraction of sp³-hybridized carbons (Fsp3) is 0.185. The van der Waals surface area contributed by atoms with Crippen molar-refractivity contribution in [3.05, 3.63) is 94.7 Å². The number of benzene rings is 2. The lowest BCUT2D eigenvalue weighted by molar-refractivity contribution is -0.140. The highest BCUT2D eigenvalue weighted by Gasteiger charge is 2.36. The lowest BCUT2D eigenvalue weighted by Crippen LogP contribution is -2.36. The van der Waals surface area contributed by atoms with Crippen molar-refractivity contribution < 1.29 is 22.4 Å². The molecule has 4 aromatic rings. The van der Waals surface area contributed by atoms with Crippen LogP contribution in [0.1, 0.15) is 32.6 Å². The van der Waals surface area contributed by atoms with Crippen LogP contribution in [0.15, 0.2) is 61.1 Å². The summed E-state index contributed by atoms with van der Waals surface area (Å²) >= 11 is 0. The summed E-state index contributed by atoms with van der Waals surface area (Å²) in [7, 11) is 3.23. The Labute approximate surface area is 221 Å². The minimum atomic E-state index is -4.91. The van der Waals surface area contributed by atoms with E-state index in [-0.39, 0.29) is 23.4 Å². The van der Waals surface area contributed by atoms with Gasteiger partial charge in [-0.25, -0.2) is 9.37 Å². The summed E-state index contributed by atoms with van der Waals surface area (Å²) in [5.41, 5.74) is 8.41. The molecule has 2 aromatic heterocycles. The Hall–Kier alpha value is -4.42. The van der Waals surface area contributed by atoms with E-state index in [9.17, 15) is 22.4 Å². The van der Waals surface area contributed by atoms with Crippen LogP contribution in [0.5, 0.6) is 0 Å². The Balaban J connectivity index is 1.41. The molecule has 0 fully saturated rings. The number of rotatable bonds is 6. The topological polar surface area (TPSA) is 88.3 Å². The normalized spacial score (nSPS) is 13.6. The summed E-state index contributed by atoms with van der Waals surface area (Å²) in [5.74, 6) is -1.99. The number of nitrogens with zero attached hydrogens (tertiary/aromatic N) is 3. The van der Waals surface area contributed by atoms with Gasteiger partial charge in [-0.05, 0) is 63.0 Å². The smallest absolute Gasteiger partial charge is 0.346 e. The van der Waals surface area contributed by atoms with Crippen LogP contribution >= 0.6 is 0 Å². The van der Waals surface area contributed by atoms with Crippen molar-refractivity contribution in [2.75, 3.05) is 24.4 Å². The number of H-pyrrole nitrogens is 1. The number of amides is 1. The first-order valence-corrected chi connectivity index (χ1v) is 11.9. The zero-order chi connectivity index (χ0) is 27.9. The van der Waals surface area contributed by atoms with Crippen LogP contribution in [0, 0.1) is 12.7 Å². The third-order valence-electron chi connectivity index (χ3n) is 6.21. The fourth-order valence-corrected chi connectivity index (χ4v) is 4.31. The minimum absolute atomic E-state index is 0.0673. The average Bonchev–Trinajstić information content (AvgIpc) is 3.54. The van der Waals surface area contributed by atoms with Crippen LogP contribution in [-0.4, -0.2) is 34.9 Å². The van der Waals surface area contributed by atoms with E-state index in [0.29, 0.717) is 11.8 Å². The molecular weight excluding hydrogens is 514 g/mol. The maximum Gasteiger partial charge on any atom is 0.419 e. The van der Waals surface area contributed by atoms with E-state index in [1.54, 1.807) is 54.6 Å². The molecule has 1 amide bonds. The number of carbonyl (C=O) groups is 1. The standard InChI is InChI=1S/C27H25F4N7O/c1-15-4-5-17(26(39)34-20-9-19(13-37(2)3)24(28)21(11-20)27(29,30)31)10-23(15)38-14-22(35-36-38)18-8-16-6-7-32-25(16)33-12-18/h4-12,14,35-36H,13H2,1-3H3,(H,32,33)(H,34,39). The van der Waals surface area contributed by atoms with Gasteiger partial charge in [0, 0.05) is 52.9 Å². The number of aryl methyl sites for hydroxylation is 1. The molecule has 0 saturated heterocycles. The quantitative estimate of drug-likeness (QED) is 0.253. The monoisotopic (exact) mass is 539 g/mol.